The molecule has 0 bridgehead atoms. The van der Waals surface area contributed by atoms with Crippen molar-refractivity contribution in [1.29, 1.82) is 0 Å². The normalized spacial score (nSPS) is 12.7. The SMILES string of the molecule is NCc1noc([C@H](CCC(=O)O)NC(=O)N[C@@H](Cc2ccc(O)cc2)C(=O)O)n1. The zero-order chi connectivity index (χ0) is 21.4. The number of benzene rings is 1. The maximum Gasteiger partial charge on any atom is 0.326 e. The van der Waals surface area contributed by atoms with Gasteiger partial charge in [-0.1, -0.05) is 17.3 Å². The van der Waals surface area contributed by atoms with Gasteiger partial charge in [0.25, 0.3) is 0 Å². The van der Waals surface area contributed by atoms with Crippen molar-refractivity contribution in [2.45, 2.75) is 37.9 Å². The van der Waals surface area contributed by atoms with Gasteiger partial charge in [0.05, 0.1) is 6.54 Å². The maximum absolute atomic E-state index is 12.3. The highest BCUT2D eigenvalue weighted by atomic mass is 16.5. The van der Waals surface area contributed by atoms with Crippen molar-refractivity contribution in [3.8, 4) is 5.75 Å². The van der Waals surface area contributed by atoms with Crippen LogP contribution in [0.2, 0.25) is 0 Å². The summed E-state index contributed by atoms with van der Waals surface area (Å²) in [6.45, 7) is -0.00490. The summed E-state index contributed by atoms with van der Waals surface area (Å²) in [6.07, 6.45) is -0.369. The maximum atomic E-state index is 12.3. The summed E-state index contributed by atoms with van der Waals surface area (Å²) in [5.74, 6) is -2.18. The van der Waals surface area contributed by atoms with E-state index < -0.39 is 30.1 Å². The Morgan fingerprint density at radius 1 is 1.14 bits per heavy atom. The fourth-order valence-corrected chi connectivity index (χ4v) is 2.44. The standard InChI is InChI=1S/C17H21N5O7/c18-8-13-21-15(29-22-13)11(5-6-14(24)25)19-17(28)20-12(16(26)27)7-9-1-3-10(23)4-2-9/h1-4,11-12,23H,5-8,18H2,(H,24,25)(H,26,27)(H2,19,20,28)/t11-,12-/m0/s1. The third-order valence-electron chi connectivity index (χ3n) is 3.90. The first-order chi connectivity index (χ1) is 13.8. The molecule has 29 heavy (non-hydrogen) atoms. The molecule has 0 aliphatic rings. The van der Waals surface area contributed by atoms with Crippen molar-refractivity contribution < 1.29 is 34.2 Å². The molecule has 2 amide bonds. The van der Waals surface area contributed by atoms with Crippen LogP contribution in [0.1, 0.15) is 36.2 Å². The van der Waals surface area contributed by atoms with E-state index in [2.05, 4.69) is 20.8 Å². The Kier molecular flexibility index (Phi) is 7.48. The lowest BCUT2D eigenvalue weighted by atomic mass is 10.1. The molecule has 0 unspecified atom stereocenters. The first kappa shape index (κ1) is 21.6. The Hall–Kier alpha value is -3.67. The third-order valence-corrected chi connectivity index (χ3v) is 3.90. The lowest BCUT2D eigenvalue weighted by Crippen LogP contribution is -2.48. The largest absolute Gasteiger partial charge is 0.508 e. The first-order valence-corrected chi connectivity index (χ1v) is 8.60. The van der Waals surface area contributed by atoms with E-state index in [1.807, 2.05) is 0 Å². The lowest BCUT2D eigenvalue weighted by molar-refractivity contribution is -0.139. The number of phenols is 1. The second-order valence-electron chi connectivity index (χ2n) is 6.12. The Labute approximate surface area is 164 Å². The van der Waals surface area contributed by atoms with E-state index >= 15 is 0 Å². The van der Waals surface area contributed by atoms with Gasteiger partial charge >= 0.3 is 18.0 Å². The zero-order valence-corrected chi connectivity index (χ0v) is 15.2. The fraction of sp³-hybridized carbons (Fsp3) is 0.353. The summed E-state index contributed by atoms with van der Waals surface area (Å²) < 4.78 is 4.99. The van der Waals surface area contributed by atoms with E-state index in [4.69, 9.17) is 15.4 Å². The van der Waals surface area contributed by atoms with Crippen molar-refractivity contribution in [2.24, 2.45) is 5.73 Å². The number of carboxylic acids is 2. The molecule has 7 N–H and O–H groups in total. The number of phenolic OH excluding ortho intramolecular Hbond substituents is 1. The summed E-state index contributed by atoms with van der Waals surface area (Å²) in [7, 11) is 0. The number of hydrogen-bond acceptors (Lipinski definition) is 8. The van der Waals surface area contributed by atoms with Gasteiger partial charge in [0.2, 0.25) is 5.89 Å². The Balaban J connectivity index is 2.06. The Bertz CT molecular complexity index is 852. The van der Waals surface area contributed by atoms with Gasteiger partial charge in [-0.2, -0.15) is 4.98 Å². The van der Waals surface area contributed by atoms with Crippen molar-refractivity contribution in [2.75, 3.05) is 0 Å². The zero-order valence-electron chi connectivity index (χ0n) is 15.2. The summed E-state index contributed by atoms with van der Waals surface area (Å²) in [5, 5.41) is 35.9. The molecule has 0 spiro atoms. The highest BCUT2D eigenvalue weighted by Gasteiger charge is 2.25. The molecule has 2 aromatic rings. The topological polar surface area (TPSA) is 201 Å². The average Bonchev–Trinajstić information content (AvgIpc) is 3.15. The van der Waals surface area contributed by atoms with E-state index in [1.165, 1.54) is 24.3 Å². The van der Waals surface area contributed by atoms with E-state index in [-0.39, 0.29) is 43.3 Å². The third kappa shape index (κ3) is 6.77. The number of carbonyl (C=O) groups is 3. The number of carbonyl (C=O) groups excluding carboxylic acids is 1. The van der Waals surface area contributed by atoms with E-state index in [1.54, 1.807) is 0 Å². The number of carboxylic acid groups (broad SMARTS) is 2. The van der Waals surface area contributed by atoms with Crippen LogP contribution in [-0.4, -0.2) is 49.5 Å². The van der Waals surface area contributed by atoms with Crippen LogP contribution < -0.4 is 16.4 Å². The number of aliphatic carboxylic acids is 2. The highest BCUT2D eigenvalue weighted by Crippen LogP contribution is 2.17. The Morgan fingerprint density at radius 2 is 1.83 bits per heavy atom. The van der Waals surface area contributed by atoms with Crippen LogP contribution in [0.15, 0.2) is 28.8 Å². The molecule has 12 heteroatoms. The van der Waals surface area contributed by atoms with Gasteiger partial charge in [-0.05, 0) is 24.1 Å². The van der Waals surface area contributed by atoms with Gasteiger partial charge in [-0.3, -0.25) is 4.79 Å². The number of urea groups is 1. The minimum atomic E-state index is -1.27. The molecule has 1 aromatic heterocycles. The molecule has 0 aliphatic heterocycles. The number of amides is 2. The second-order valence-corrected chi connectivity index (χ2v) is 6.12. The molecule has 0 saturated carbocycles. The highest BCUT2D eigenvalue weighted by molar-refractivity contribution is 5.83. The number of rotatable bonds is 10. The van der Waals surface area contributed by atoms with Crippen LogP contribution in [0.4, 0.5) is 4.79 Å². The number of aromatic hydroxyl groups is 1. The van der Waals surface area contributed by atoms with E-state index in [0.29, 0.717) is 5.56 Å². The van der Waals surface area contributed by atoms with Crippen LogP contribution in [0.25, 0.3) is 0 Å². The molecule has 1 aromatic carbocycles. The molecule has 2 rings (SSSR count). The van der Waals surface area contributed by atoms with Gasteiger partial charge in [0, 0.05) is 12.8 Å². The predicted octanol–water partition coefficient (Wildman–Crippen LogP) is 0.135. The van der Waals surface area contributed by atoms with Crippen molar-refractivity contribution >= 4 is 18.0 Å². The molecule has 0 radical (unpaired) electrons. The van der Waals surface area contributed by atoms with Crippen LogP contribution in [0.3, 0.4) is 0 Å². The quantitative estimate of drug-likeness (QED) is 0.314. The summed E-state index contributed by atoms with van der Waals surface area (Å²) >= 11 is 0. The second kappa shape index (κ2) is 10.0. The van der Waals surface area contributed by atoms with Gasteiger partial charge < -0.3 is 36.2 Å². The number of nitrogens with two attached hydrogens (primary N) is 1. The number of nitrogens with one attached hydrogen (secondary N) is 2. The van der Waals surface area contributed by atoms with Crippen LogP contribution in [0, 0.1) is 0 Å². The smallest absolute Gasteiger partial charge is 0.326 e. The van der Waals surface area contributed by atoms with Crippen LogP contribution in [-0.2, 0) is 22.6 Å². The molecule has 1 heterocycles. The lowest BCUT2D eigenvalue weighted by Gasteiger charge is -2.18. The van der Waals surface area contributed by atoms with Crippen LogP contribution >= 0.6 is 0 Å². The van der Waals surface area contributed by atoms with Gasteiger partial charge in [-0.25, -0.2) is 9.59 Å². The van der Waals surface area contributed by atoms with Crippen molar-refractivity contribution in [1.82, 2.24) is 20.8 Å². The average molecular weight is 407 g/mol. The van der Waals surface area contributed by atoms with Crippen LogP contribution in [0.5, 0.6) is 5.75 Å². The summed E-state index contributed by atoms with van der Waals surface area (Å²) in [6, 6.07) is 2.82. The minimum Gasteiger partial charge on any atom is -0.508 e. The molecular formula is C17H21N5O7. The summed E-state index contributed by atoms with van der Waals surface area (Å²) in [4.78, 5) is 38.7. The molecule has 156 valence electrons. The molecule has 0 aliphatic carbocycles. The van der Waals surface area contributed by atoms with Crippen molar-refractivity contribution in [3.05, 3.63) is 41.5 Å². The number of hydrogen-bond donors (Lipinski definition) is 6. The molecular weight excluding hydrogens is 386 g/mol. The van der Waals surface area contributed by atoms with Gasteiger partial charge in [0.1, 0.15) is 17.8 Å². The molecule has 0 fully saturated rings. The van der Waals surface area contributed by atoms with E-state index in [9.17, 15) is 24.6 Å². The van der Waals surface area contributed by atoms with Gasteiger partial charge in [-0.15, -0.1) is 0 Å². The molecule has 2 atom stereocenters. The van der Waals surface area contributed by atoms with Gasteiger partial charge in [0.15, 0.2) is 5.82 Å². The number of aromatic nitrogens is 2. The van der Waals surface area contributed by atoms with Crippen molar-refractivity contribution in [3.63, 3.8) is 0 Å². The minimum absolute atomic E-state index is 0.00490. The predicted molar refractivity (Wildman–Crippen MR) is 96.7 cm³/mol. The first-order valence-electron chi connectivity index (χ1n) is 8.60. The summed E-state index contributed by atoms with van der Waals surface area (Å²) in [5.41, 5.74) is 5.99. The Morgan fingerprint density at radius 3 is 2.38 bits per heavy atom. The van der Waals surface area contributed by atoms with E-state index in [0.717, 1.165) is 0 Å². The molecule has 12 nitrogen and oxygen atoms in total. The fourth-order valence-electron chi connectivity index (χ4n) is 2.44. The monoisotopic (exact) mass is 407 g/mol. The molecule has 0 saturated heterocycles. The number of nitrogens with zero attached hydrogens (tertiary/aromatic N) is 2.